The Kier molecular flexibility index (Phi) is 3.63. The van der Waals surface area contributed by atoms with Crippen molar-refractivity contribution < 1.29 is 4.55 Å². The van der Waals surface area contributed by atoms with Crippen LogP contribution in [0, 0.1) is 6.92 Å². The summed E-state index contributed by atoms with van der Waals surface area (Å²) in [5.74, 6) is 0.767. The van der Waals surface area contributed by atoms with Crippen LogP contribution in [0.5, 0.6) is 0 Å². The Morgan fingerprint density at radius 2 is 1.83 bits per heavy atom. The summed E-state index contributed by atoms with van der Waals surface area (Å²) in [5, 5.41) is 0. The Hall–Kier alpha value is -0.470. The molecule has 0 aliphatic carbocycles. The molecule has 0 aliphatic rings. The maximum Gasteiger partial charge on any atom is 0.152 e. The van der Waals surface area contributed by atoms with Crippen molar-refractivity contribution in [1.29, 1.82) is 0 Å². The molecule has 1 unspecified atom stereocenters. The van der Waals surface area contributed by atoms with Gasteiger partial charge in [0.1, 0.15) is 5.75 Å². The van der Waals surface area contributed by atoms with Crippen LogP contribution in [0.15, 0.2) is 29.2 Å². The molecule has 1 atom stereocenters. The Labute approximate surface area is 77.0 Å². The van der Waals surface area contributed by atoms with Gasteiger partial charge in [-0.25, -0.2) is 0 Å². The third-order valence-corrected chi connectivity index (χ3v) is 3.25. The van der Waals surface area contributed by atoms with Crippen LogP contribution in [-0.2, 0) is 11.2 Å². The molecule has 1 aromatic rings. The molecule has 0 heterocycles. The highest BCUT2D eigenvalue weighted by Gasteiger charge is 2.07. The molecule has 0 amide bonds. The van der Waals surface area contributed by atoms with E-state index in [1.165, 1.54) is 5.56 Å². The van der Waals surface area contributed by atoms with E-state index in [-0.39, 0.29) is 0 Å². The largest absolute Gasteiger partial charge is 0.611 e. The van der Waals surface area contributed by atoms with E-state index < -0.39 is 11.2 Å². The van der Waals surface area contributed by atoms with Crippen molar-refractivity contribution in [3.8, 4) is 0 Å². The fourth-order valence-electron chi connectivity index (χ4n) is 0.993. The van der Waals surface area contributed by atoms with E-state index in [0.717, 1.165) is 17.1 Å². The molecule has 0 aliphatic heterocycles. The van der Waals surface area contributed by atoms with Crippen molar-refractivity contribution in [2.45, 2.75) is 25.2 Å². The van der Waals surface area contributed by atoms with Crippen LogP contribution in [0.4, 0.5) is 0 Å². The van der Waals surface area contributed by atoms with E-state index >= 15 is 0 Å². The van der Waals surface area contributed by atoms with E-state index in [9.17, 15) is 4.55 Å². The van der Waals surface area contributed by atoms with Gasteiger partial charge in [0.2, 0.25) is 0 Å². The molecule has 0 spiro atoms. The number of rotatable bonds is 3. The molecule has 0 N–H and O–H groups in total. The van der Waals surface area contributed by atoms with Gasteiger partial charge in [0.25, 0.3) is 0 Å². The summed E-state index contributed by atoms with van der Waals surface area (Å²) in [4.78, 5) is 0.947. The minimum Gasteiger partial charge on any atom is -0.611 e. The van der Waals surface area contributed by atoms with Gasteiger partial charge >= 0.3 is 0 Å². The number of aryl methyl sites for hydroxylation is 1. The summed E-state index contributed by atoms with van der Waals surface area (Å²) in [6.45, 7) is 4.08. The summed E-state index contributed by atoms with van der Waals surface area (Å²) >= 11 is -0.792. The van der Waals surface area contributed by atoms with Crippen molar-refractivity contribution in [1.82, 2.24) is 0 Å². The molecule has 1 rings (SSSR count). The summed E-state index contributed by atoms with van der Waals surface area (Å²) < 4.78 is 11.5. The lowest BCUT2D eigenvalue weighted by Gasteiger charge is -2.08. The van der Waals surface area contributed by atoms with Crippen LogP contribution in [0.1, 0.15) is 18.9 Å². The van der Waals surface area contributed by atoms with Crippen molar-refractivity contribution in [3.63, 3.8) is 0 Å². The topological polar surface area (TPSA) is 23.1 Å². The zero-order chi connectivity index (χ0) is 8.97. The predicted octanol–water partition coefficient (Wildman–Crippen LogP) is 2.51. The number of hydrogen-bond acceptors (Lipinski definition) is 1. The molecule has 12 heavy (non-hydrogen) atoms. The quantitative estimate of drug-likeness (QED) is 0.659. The molecule has 0 fully saturated rings. The van der Waals surface area contributed by atoms with Gasteiger partial charge in [-0.1, -0.05) is 24.6 Å². The van der Waals surface area contributed by atoms with Gasteiger partial charge in [-0.2, -0.15) is 0 Å². The SMILES string of the molecule is CCC[S+]([O-])c1ccc(C)cc1. The van der Waals surface area contributed by atoms with Crippen LogP contribution in [-0.4, -0.2) is 10.3 Å². The van der Waals surface area contributed by atoms with Crippen molar-refractivity contribution in [2.24, 2.45) is 0 Å². The van der Waals surface area contributed by atoms with Gasteiger partial charge < -0.3 is 4.55 Å². The Morgan fingerprint density at radius 3 is 2.33 bits per heavy atom. The molecule has 0 bridgehead atoms. The predicted molar refractivity (Wildman–Crippen MR) is 52.7 cm³/mol. The molecule has 0 saturated heterocycles. The molecule has 66 valence electrons. The van der Waals surface area contributed by atoms with Gasteiger partial charge in [-0.05, 0) is 36.7 Å². The Morgan fingerprint density at radius 1 is 1.25 bits per heavy atom. The van der Waals surface area contributed by atoms with Crippen molar-refractivity contribution in [3.05, 3.63) is 29.8 Å². The van der Waals surface area contributed by atoms with E-state index in [4.69, 9.17) is 0 Å². The van der Waals surface area contributed by atoms with Crippen LogP contribution >= 0.6 is 0 Å². The van der Waals surface area contributed by atoms with Gasteiger partial charge in [0.15, 0.2) is 4.90 Å². The summed E-state index contributed by atoms with van der Waals surface area (Å²) in [6, 6.07) is 7.90. The second-order valence-corrected chi connectivity index (χ2v) is 4.43. The Bertz CT molecular complexity index is 230. The first-order valence-corrected chi connectivity index (χ1v) is 5.51. The van der Waals surface area contributed by atoms with Crippen molar-refractivity contribution >= 4 is 11.2 Å². The summed E-state index contributed by atoms with van der Waals surface area (Å²) in [7, 11) is 0. The monoisotopic (exact) mass is 182 g/mol. The van der Waals surface area contributed by atoms with Gasteiger partial charge in [-0.3, -0.25) is 0 Å². The fourth-order valence-corrected chi connectivity index (χ4v) is 2.04. The number of hydrogen-bond donors (Lipinski definition) is 0. The smallest absolute Gasteiger partial charge is 0.152 e. The second kappa shape index (κ2) is 4.53. The minimum atomic E-state index is -0.792. The minimum absolute atomic E-state index is 0.767. The van der Waals surface area contributed by atoms with E-state index in [0.29, 0.717) is 0 Å². The first-order valence-electron chi connectivity index (χ1n) is 4.19. The van der Waals surface area contributed by atoms with Crippen LogP contribution < -0.4 is 0 Å². The second-order valence-electron chi connectivity index (χ2n) is 2.86. The van der Waals surface area contributed by atoms with Gasteiger partial charge in [0.05, 0.1) is 0 Å². The maximum atomic E-state index is 11.5. The third kappa shape index (κ3) is 2.54. The number of benzene rings is 1. The maximum absolute atomic E-state index is 11.5. The lowest BCUT2D eigenvalue weighted by atomic mass is 10.2. The molecular formula is C10H14OS. The molecule has 1 nitrogen and oxygen atoms in total. The summed E-state index contributed by atoms with van der Waals surface area (Å²) in [5.41, 5.74) is 1.22. The molecule has 1 aromatic carbocycles. The fraction of sp³-hybridized carbons (Fsp3) is 0.400. The average Bonchev–Trinajstić information content (AvgIpc) is 2.06. The third-order valence-electron chi connectivity index (χ3n) is 1.67. The standard InChI is InChI=1S/C10H14OS/c1-3-8-12(11)10-6-4-9(2)5-7-10/h4-7H,3,8H2,1-2H3. The lowest BCUT2D eigenvalue weighted by molar-refractivity contribution is 0.593. The van der Waals surface area contributed by atoms with Gasteiger partial charge in [-0.15, -0.1) is 0 Å². The Balaban J connectivity index is 2.68. The normalized spacial score (nSPS) is 12.9. The van der Waals surface area contributed by atoms with Crippen LogP contribution in [0.25, 0.3) is 0 Å². The van der Waals surface area contributed by atoms with E-state index in [1.807, 2.05) is 38.1 Å². The lowest BCUT2D eigenvalue weighted by Crippen LogP contribution is -2.05. The van der Waals surface area contributed by atoms with Gasteiger partial charge in [0, 0.05) is 0 Å². The highest BCUT2D eigenvalue weighted by Crippen LogP contribution is 2.12. The average molecular weight is 182 g/mol. The van der Waals surface area contributed by atoms with Crippen LogP contribution in [0.2, 0.25) is 0 Å². The molecular weight excluding hydrogens is 168 g/mol. The highest BCUT2D eigenvalue weighted by molar-refractivity contribution is 7.91. The first-order chi connectivity index (χ1) is 5.74. The molecule has 0 aromatic heterocycles. The van der Waals surface area contributed by atoms with Crippen molar-refractivity contribution in [2.75, 3.05) is 5.75 Å². The highest BCUT2D eigenvalue weighted by atomic mass is 32.2. The zero-order valence-electron chi connectivity index (χ0n) is 7.54. The molecule has 0 saturated carbocycles. The van der Waals surface area contributed by atoms with E-state index in [2.05, 4.69) is 0 Å². The molecule has 0 radical (unpaired) electrons. The van der Waals surface area contributed by atoms with E-state index in [1.54, 1.807) is 0 Å². The first kappa shape index (κ1) is 9.62. The molecule has 2 heteroatoms. The van der Waals surface area contributed by atoms with Crippen LogP contribution in [0.3, 0.4) is 0 Å². The summed E-state index contributed by atoms with van der Waals surface area (Å²) in [6.07, 6.45) is 0.973. The zero-order valence-corrected chi connectivity index (χ0v) is 8.36.